The molecule has 1 saturated heterocycles. The maximum Gasteiger partial charge on any atom is 0.227 e. The summed E-state index contributed by atoms with van der Waals surface area (Å²) in [6.07, 6.45) is 7.21. The minimum absolute atomic E-state index is 0.293. The monoisotopic (exact) mass is 309 g/mol. The molecule has 0 saturated carbocycles. The van der Waals surface area contributed by atoms with Crippen LogP contribution in [-0.2, 0) is 0 Å². The van der Waals surface area contributed by atoms with Crippen molar-refractivity contribution >= 4 is 17.1 Å². The van der Waals surface area contributed by atoms with Gasteiger partial charge in [-0.3, -0.25) is 4.57 Å². The first-order valence-corrected chi connectivity index (χ1v) is 7.97. The molecule has 1 N–H and O–H groups in total. The molecule has 1 aliphatic rings. The summed E-state index contributed by atoms with van der Waals surface area (Å²) in [5.41, 5.74) is 3.34. The highest BCUT2D eigenvalue weighted by molar-refractivity contribution is 5.73. The molecule has 4 rings (SSSR count). The average molecular weight is 309 g/mol. The van der Waals surface area contributed by atoms with E-state index in [-0.39, 0.29) is 0 Å². The van der Waals surface area contributed by atoms with E-state index in [9.17, 15) is 5.11 Å². The van der Waals surface area contributed by atoms with Gasteiger partial charge < -0.3 is 10.0 Å². The maximum absolute atomic E-state index is 9.71. The van der Waals surface area contributed by atoms with Crippen LogP contribution in [-0.4, -0.2) is 37.7 Å². The molecule has 118 valence electrons. The van der Waals surface area contributed by atoms with Gasteiger partial charge >= 0.3 is 0 Å². The van der Waals surface area contributed by atoms with Crippen molar-refractivity contribution in [2.75, 3.05) is 18.0 Å². The third-order valence-electron chi connectivity index (χ3n) is 4.38. The molecular formula is C17H19N5O. The molecule has 23 heavy (non-hydrogen) atoms. The average Bonchev–Trinajstić information content (AvgIpc) is 3.01. The number of fused-ring (bicyclic) bond motifs is 1. The van der Waals surface area contributed by atoms with Gasteiger partial charge in [0.2, 0.25) is 5.95 Å². The minimum Gasteiger partial charge on any atom is -0.508 e. The van der Waals surface area contributed by atoms with Gasteiger partial charge in [-0.25, -0.2) is 9.97 Å². The van der Waals surface area contributed by atoms with Crippen LogP contribution in [0.5, 0.6) is 5.75 Å². The summed E-state index contributed by atoms with van der Waals surface area (Å²) in [6.45, 7) is 3.90. The predicted molar refractivity (Wildman–Crippen MR) is 89.1 cm³/mol. The summed E-state index contributed by atoms with van der Waals surface area (Å²) in [7, 11) is 0. The number of aromatic nitrogens is 4. The van der Waals surface area contributed by atoms with E-state index in [4.69, 9.17) is 4.98 Å². The fraction of sp³-hybridized carbons (Fsp3) is 0.353. The highest BCUT2D eigenvalue weighted by Gasteiger charge is 2.16. The molecule has 1 aromatic carbocycles. The number of anilines is 1. The largest absolute Gasteiger partial charge is 0.508 e. The number of phenols is 1. The number of aromatic hydroxyl groups is 1. The van der Waals surface area contributed by atoms with Gasteiger partial charge in [0.05, 0.1) is 6.20 Å². The molecule has 6 nitrogen and oxygen atoms in total. The first-order chi connectivity index (χ1) is 11.2. The molecule has 0 bridgehead atoms. The molecule has 1 aliphatic heterocycles. The normalized spacial score (nSPS) is 15.3. The van der Waals surface area contributed by atoms with E-state index in [2.05, 4.69) is 14.9 Å². The first-order valence-electron chi connectivity index (χ1n) is 7.97. The lowest BCUT2D eigenvalue weighted by Crippen LogP contribution is -2.31. The van der Waals surface area contributed by atoms with Crippen LogP contribution in [0, 0.1) is 6.92 Å². The van der Waals surface area contributed by atoms with Crippen molar-refractivity contribution in [1.82, 2.24) is 19.5 Å². The molecule has 1 fully saturated rings. The molecule has 0 atom stereocenters. The molecule has 0 spiro atoms. The third kappa shape index (κ3) is 2.50. The topological polar surface area (TPSA) is 67.1 Å². The van der Waals surface area contributed by atoms with Crippen LogP contribution >= 0.6 is 0 Å². The number of piperidine rings is 1. The van der Waals surface area contributed by atoms with Crippen molar-refractivity contribution in [3.63, 3.8) is 0 Å². The van der Waals surface area contributed by atoms with Crippen molar-refractivity contribution in [3.05, 3.63) is 36.3 Å². The van der Waals surface area contributed by atoms with Gasteiger partial charge in [-0.1, -0.05) is 0 Å². The van der Waals surface area contributed by atoms with Crippen LogP contribution in [0.1, 0.15) is 24.8 Å². The molecular weight excluding hydrogens is 290 g/mol. The van der Waals surface area contributed by atoms with Crippen molar-refractivity contribution < 1.29 is 5.11 Å². The second-order valence-corrected chi connectivity index (χ2v) is 6.01. The molecule has 6 heteroatoms. The number of imidazole rings is 1. The summed E-state index contributed by atoms with van der Waals surface area (Å²) in [6, 6.07) is 5.49. The molecule has 3 heterocycles. The van der Waals surface area contributed by atoms with Gasteiger partial charge in [-0.15, -0.1) is 0 Å². The number of benzene rings is 1. The van der Waals surface area contributed by atoms with Crippen LogP contribution in [0.3, 0.4) is 0 Å². The van der Waals surface area contributed by atoms with Gasteiger partial charge in [-0.05, 0) is 49.9 Å². The number of aryl methyl sites for hydroxylation is 1. The number of phenolic OH excluding ortho intramolecular Hbond substituents is 1. The highest BCUT2D eigenvalue weighted by Crippen LogP contribution is 2.24. The lowest BCUT2D eigenvalue weighted by Gasteiger charge is -2.26. The summed E-state index contributed by atoms with van der Waals surface area (Å²) < 4.78 is 1.94. The van der Waals surface area contributed by atoms with E-state index in [1.165, 1.54) is 19.3 Å². The molecule has 3 aromatic rings. The Morgan fingerprint density at radius 2 is 1.91 bits per heavy atom. The van der Waals surface area contributed by atoms with Crippen LogP contribution in [0.2, 0.25) is 0 Å². The summed E-state index contributed by atoms with van der Waals surface area (Å²) in [5.74, 6) is 1.07. The zero-order chi connectivity index (χ0) is 15.8. The molecule has 0 radical (unpaired) electrons. The standard InChI is InChI=1S/C17H19N5O/c1-12-9-13(5-6-15(12)23)22-11-19-14-10-18-17(20-16(14)22)21-7-3-2-4-8-21/h5-6,9-11,23H,2-4,7-8H2,1H3. The summed E-state index contributed by atoms with van der Waals surface area (Å²) >= 11 is 0. The summed E-state index contributed by atoms with van der Waals surface area (Å²) in [5, 5.41) is 9.71. The Bertz CT molecular complexity index is 851. The Hall–Kier alpha value is -2.63. The van der Waals surface area contributed by atoms with Crippen LogP contribution in [0.4, 0.5) is 5.95 Å². The van der Waals surface area contributed by atoms with Gasteiger partial charge in [0.25, 0.3) is 0 Å². The van der Waals surface area contributed by atoms with E-state index in [0.29, 0.717) is 5.75 Å². The van der Waals surface area contributed by atoms with E-state index in [0.717, 1.165) is 41.5 Å². The number of hydrogen-bond acceptors (Lipinski definition) is 5. The third-order valence-corrected chi connectivity index (χ3v) is 4.38. The highest BCUT2D eigenvalue weighted by atomic mass is 16.3. The smallest absolute Gasteiger partial charge is 0.227 e. The number of hydrogen-bond donors (Lipinski definition) is 1. The van der Waals surface area contributed by atoms with Crippen molar-refractivity contribution in [2.45, 2.75) is 26.2 Å². The molecule has 2 aromatic heterocycles. The van der Waals surface area contributed by atoms with E-state index in [1.54, 1.807) is 18.6 Å². The van der Waals surface area contributed by atoms with Crippen molar-refractivity contribution in [3.8, 4) is 11.4 Å². The lowest BCUT2D eigenvalue weighted by atomic mass is 10.1. The molecule has 0 amide bonds. The zero-order valence-corrected chi connectivity index (χ0v) is 13.1. The zero-order valence-electron chi connectivity index (χ0n) is 13.1. The SMILES string of the molecule is Cc1cc(-n2cnc3cnc(N4CCCCC4)nc32)ccc1O. The first kappa shape index (κ1) is 14.0. The second-order valence-electron chi connectivity index (χ2n) is 6.01. The second kappa shape index (κ2) is 5.53. The number of rotatable bonds is 2. The molecule has 0 aliphatic carbocycles. The Morgan fingerprint density at radius 1 is 1.09 bits per heavy atom. The van der Waals surface area contributed by atoms with Crippen LogP contribution in [0.25, 0.3) is 16.9 Å². The van der Waals surface area contributed by atoms with Crippen LogP contribution < -0.4 is 4.90 Å². The van der Waals surface area contributed by atoms with Crippen molar-refractivity contribution in [2.24, 2.45) is 0 Å². The Balaban J connectivity index is 1.79. The maximum atomic E-state index is 9.71. The Labute approximate surface area is 134 Å². The predicted octanol–water partition coefficient (Wildman–Crippen LogP) is 2.82. The quantitative estimate of drug-likeness (QED) is 0.788. The minimum atomic E-state index is 0.293. The van der Waals surface area contributed by atoms with Gasteiger partial charge in [0.1, 0.15) is 17.6 Å². The Kier molecular flexibility index (Phi) is 3.37. The lowest BCUT2D eigenvalue weighted by molar-refractivity contribution is 0.471. The van der Waals surface area contributed by atoms with E-state index in [1.807, 2.05) is 23.6 Å². The van der Waals surface area contributed by atoms with Gasteiger partial charge in [0, 0.05) is 18.8 Å². The van der Waals surface area contributed by atoms with Crippen LogP contribution in [0.15, 0.2) is 30.7 Å². The van der Waals surface area contributed by atoms with Crippen molar-refractivity contribution in [1.29, 1.82) is 0 Å². The van der Waals surface area contributed by atoms with Gasteiger partial charge in [0.15, 0.2) is 5.65 Å². The Morgan fingerprint density at radius 3 is 2.70 bits per heavy atom. The fourth-order valence-electron chi connectivity index (χ4n) is 3.03. The van der Waals surface area contributed by atoms with E-state index < -0.39 is 0 Å². The fourth-order valence-corrected chi connectivity index (χ4v) is 3.03. The number of nitrogens with zero attached hydrogens (tertiary/aromatic N) is 5. The molecule has 0 unspecified atom stereocenters. The van der Waals surface area contributed by atoms with E-state index >= 15 is 0 Å². The van der Waals surface area contributed by atoms with Gasteiger partial charge in [-0.2, -0.15) is 4.98 Å². The summed E-state index contributed by atoms with van der Waals surface area (Å²) in [4.78, 5) is 15.8.